The number of aliphatic imine (C=N–C) groups is 1. The molecule has 0 aliphatic carbocycles. The molecule has 0 atom stereocenters. The number of halogens is 3. The lowest BCUT2D eigenvalue weighted by Crippen LogP contribution is -2.39. The Kier molecular flexibility index (Phi) is 12.3. The van der Waals surface area contributed by atoms with E-state index < -0.39 is 11.6 Å². The Labute approximate surface area is 151 Å². The van der Waals surface area contributed by atoms with Crippen molar-refractivity contribution in [1.29, 1.82) is 0 Å². The van der Waals surface area contributed by atoms with Crippen molar-refractivity contribution in [2.75, 3.05) is 38.2 Å². The fraction of sp³-hybridized carbons (Fsp3) is 0.500. The lowest BCUT2D eigenvalue weighted by molar-refractivity contribution is 0.304. The van der Waals surface area contributed by atoms with E-state index in [4.69, 9.17) is 4.74 Å². The molecule has 2 N–H and O–H groups in total. The molecule has 0 bridgehead atoms. The third kappa shape index (κ3) is 8.62. The zero-order chi connectivity index (χ0) is 15.5. The molecule has 0 aromatic heterocycles. The minimum atomic E-state index is -0.699. The summed E-state index contributed by atoms with van der Waals surface area (Å²) in [5, 5.41) is 6.20. The van der Waals surface area contributed by atoms with E-state index in [0.29, 0.717) is 12.5 Å². The molecule has 0 amide bonds. The van der Waals surface area contributed by atoms with E-state index in [0.717, 1.165) is 24.9 Å². The van der Waals surface area contributed by atoms with Crippen LogP contribution in [0.1, 0.15) is 6.92 Å². The summed E-state index contributed by atoms with van der Waals surface area (Å²) in [6, 6.07) is 3.25. The highest BCUT2D eigenvalue weighted by atomic mass is 127. The van der Waals surface area contributed by atoms with E-state index in [-0.39, 0.29) is 36.3 Å². The van der Waals surface area contributed by atoms with Gasteiger partial charge in [0.1, 0.15) is 12.4 Å². The highest BCUT2D eigenvalue weighted by Gasteiger charge is 2.04. The lowest BCUT2D eigenvalue weighted by atomic mass is 10.3. The van der Waals surface area contributed by atoms with Gasteiger partial charge < -0.3 is 15.4 Å². The van der Waals surface area contributed by atoms with Crippen LogP contribution in [0.15, 0.2) is 23.2 Å². The number of nitrogens with one attached hydrogen (secondary N) is 2. The first-order valence-corrected chi connectivity index (χ1v) is 8.15. The van der Waals surface area contributed by atoms with Gasteiger partial charge in [-0.2, -0.15) is 11.8 Å². The van der Waals surface area contributed by atoms with E-state index >= 15 is 0 Å². The van der Waals surface area contributed by atoms with E-state index in [1.54, 1.807) is 11.8 Å². The standard InChI is InChI=1S/C14H21F2N3OS.HI/c1-3-17-14(19-7-9-21-2)18-6-8-20-13-5-4-11(15)10-12(13)16;/h4-5,10H,3,6-9H2,1-2H3,(H2,17,18,19);1H. The molecule has 4 nitrogen and oxygen atoms in total. The summed E-state index contributed by atoms with van der Waals surface area (Å²) in [7, 11) is 0. The molecule has 8 heteroatoms. The molecule has 1 rings (SSSR count). The Morgan fingerprint density at radius 3 is 2.73 bits per heavy atom. The van der Waals surface area contributed by atoms with Gasteiger partial charge in [-0.05, 0) is 25.3 Å². The van der Waals surface area contributed by atoms with Gasteiger partial charge in [-0.1, -0.05) is 0 Å². The topological polar surface area (TPSA) is 45.7 Å². The van der Waals surface area contributed by atoms with Gasteiger partial charge in [0.05, 0.1) is 13.1 Å². The first kappa shape index (κ1) is 21.2. The molecule has 22 heavy (non-hydrogen) atoms. The van der Waals surface area contributed by atoms with Crippen LogP contribution in [0.25, 0.3) is 0 Å². The molecule has 0 unspecified atom stereocenters. The second-order valence-electron chi connectivity index (χ2n) is 4.10. The summed E-state index contributed by atoms with van der Waals surface area (Å²) in [5.41, 5.74) is 0. The first-order chi connectivity index (χ1) is 10.2. The van der Waals surface area contributed by atoms with Crippen LogP contribution in [0.4, 0.5) is 8.78 Å². The molecule has 0 spiro atoms. The van der Waals surface area contributed by atoms with Gasteiger partial charge >= 0.3 is 0 Å². The van der Waals surface area contributed by atoms with Crippen LogP contribution in [0.3, 0.4) is 0 Å². The molecule has 1 aromatic rings. The molecular formula is C14H22F2IN3OS. The zero-order valence-corrected chi connectivity index (χ0v) is 15.8. The van der Waals surface area contributed by atoms with Crippen LogP contribution in [0, 0.1) is 11.6 Å². The second-order valence-corrected chi connectivity index (χ2v) is 5.09. The van der Waals surface area contributed by atoms with Crippen molar-refractivity contribution in [2.24, 2.45) is 4.99 Å². The third-order valence-electron chi connectivity index (χ3n) is 2.46. The number of thioether (sulfide) groups is 1. The Hall–Kier alpha value is -0.770. The monoisotopic (exact) mass is 445 g/mol. The molecule has 126 valence electrons. The second kappa shape index (κ2) is 12.7. The number of guanidine groups is 1. The van der Waals surface area contributed by atoms with Crippen molar-refractivity contribution in [3.63, 3.8) is 0 Å². The fourth-order valence-corrected chi connectivity index (χ4v) is 1.79. The Bertz CT molecular complexity index is 464. The van der Waals surface area contributed by atoms with Crippen LogP contribution in [0.5, 0.6) is 5.75 Å². The van der Waals surface area contributed by atoms with Gasteiger partial charge in [0.15, 0.2) is 17.5 Å². The van der Waals surface area contributed by atoms with E-state index in [1.807, 2.05) is 13.2 Å². The van der Waals surface area contributed by atoms with E-state index in [2.05, 4.69) is 15.6 Å². The number of nitrogens with zero attached hydrogens (tertiary/aromatic N) is 1. The smallest absolute Gasteiger partial charge is 0.191 e. The van der Waals surface area contributed by atoms with Gasteiger partial charge in [-0.25, -0.2) is 8.78 Å². The van der Waals surface area contributed by atoms with Crippen LogP contribution in [-0.2, 0) is 0 Å². The van der Waals surface area contributed by atoms with Crippen molar-refractivity contribution < 1.29 is 13.5 Å². The highest BCUT2D eigenvalue weighted by Crippen LogP contribution is 2.17. The van der Waals surface area contributed by atoms with Crippen LogP contribution >= 0.6 is 35.7 Å². The van der Waals surface area contributed by atoms with E-state index in [1.165, 1.54) is 12.1 Å². The quantitative estimate of drug-likeness (QED) is 0.280. The normalized spacial score (nSPS) is 10.8. The minimum absolute atomic E-state index is 0. The van der Waals surface area contributed by atoms with Crippen LogP contribution in [0.2, 0.25) is 0 Å². The summed E-state index contributed by atoms with van der Waals surface area (Å²) in [5.74, 6) is 0.384. The largest absolute Gasteiger partial charge is 0.489 e. The van der Waals surface area contributed by atoms with Crippen molar-refractivity contribution in [3.05, 3.63) is 29.8 Å². The number of hydrogen-bond acceptors (Lipinski definition) is 3. The molecule has 0 saturated carbocycles. The summed E-state index contributed by atoms with van der Waals surface area (Å²) >= 11 is 1.73. The average Bonchev–Trinajstić information content (AvgIpc) is 2.45. The molecule has 0 saturated heterocycles. The molecular weight excluding hydrogens is 423 g/mol. The van der Waals surface area contributed by atoms with Gasteiger partial charge in [-0.15, -0.1) is 24.0 Å². The molecule has 0 heterocycles. The maximum atomic E-state index is 13.3. The Morgan fingerprint density at radius 1 is 1.32 bits per heavy atom. The number of hydrogen-bond donors (Lipinski definition) is 2. The maximum absolute atomic E-state index is 13.3. The van der Waals surface area contributed by atoms with Gasteiger partial charge in [-0.3, -0.25) is 4.99 Å². The summed E-state index contributed by atoms with van der Waals surface area (Å²) < 4.78 is 31.3. The number of ether oxygens (including phenoxy) is 1. The highest BCUT2D eigenvalue weighted by molar-refractivity contribution is 14.0. The van der Waals surface area contributed by atoms with Crippen molar-refractivity contribution >= 4 is 41.7 Å². The molecule has 0 fully saturated rings. The summed E-state index contributed by atoms with van der Waals surface area (Å²) in [6.45, 7) is 4.20. The number of rotatable bonds is 8. The Morgan fingerprint density at radius 2 is 2.09 bits per heavy atom. The predicted molar refractivity (Wildman–Crippen MR) is 99.6 cm³/mol. The minimum Gasteiger partial charge on any atom is -0.489 e. The van der Waals surface area contributed by atoms with E-state index in [9.17, 15) is 8.78 Å². The van der Waals surface area contributed by atoms with Crippen LogP contribution < -0.4 is 15.4 Å². The SMILES string of the molecule is CCNC(=NCCSC)NCCOc1ccc(F)cc1F.I. The van der Waals surface area contributed by atoms with Crippen molar-refractivity contribution in [2.45, 2.75) is 6.92 Å². The van der Waals surface area contributed by atoms with Crippen molar-refractivity contribution in [3.8, 4) is 5.75 Å². The number of benzene rings is 1. The molecule has 0 radical (unpaired) electrons. The third-order valence-corrected chi connectivity index (χ3v) is 3.05. The van der Waals surface area contributed by atoms with Gasteiger partial charge in [0, 0.05) is 18.4 Å². The molecule has 0 aliphatic rings. The molecule has 0 aliphatic heterocycles. The van der Waals surface area contributed by atoms with Crippen molar-refractivity contribution in [1.82, 2.24) is 10.6 Å². The predicted octanol–water partition coefficient (Wildman–Crippen LogP) is 2.88. The van der Waals surface area contributed by atoms with Crippen LogP contribution in [-0.4, -0.2) is 44.2 Å². The lowest BCUT2D eigenvalue weighted by Gasteiger charge is -2.12. The average molecular weight is 445 g/mol. The maximum Gasteiger partial charge on any atom is 0.191 e. The van der Waals surface area contributed by atoms with Gasteiger partial charge in [0.2, 0.25) is 0 Å². The van der Waals surface area contributed by atoms with Gasteiger partial charge in [0.25, 0.3) is 0 Å². The summed E-state index contributed by atoms with van der Waals surface area (Å²) in [6.07, 6.45) is 2.03. The first-order valence-electron chi connectivity index (χ1n) is 6.76. The summed E-state index contributed by atoms with van der Waals surface area (Å²) in [4.78, 5) is 4.37. The fourth-order valence-electron chi connectivity index (χ4n) is 1.51. The molecule has 1 aromatic carbocycles. The Balaban J connectivity index is 0.00000441. The zero-order valence-electron chi connectivity index (χ0n) is 12.7.